The van der Waals surface area contributed by atoms with Gasteiger partial charge in [0.05, 0.1) is 0 Å². The van der Waals surface area contributed by atoms with Gasteiger partial charge in [-0.1, -0.05) is 0 Å². The number of aryl methyl sites for hydroxylation is 1. The Morgan fingerprint density at radius 3 is 3.23 bits per heavy atom. The third-order valence-electron chi connectivity index (χ3n) is 2.36. The van der Waals surface area contributed by atoms with Gasteiger partial charge >= 0.3 is 0 Å². The molecular weight excluding hydrogens is 166 g/mol. The molecule has 0 fully saturated rings. The van der Waals surface area contributed by atoms with Crippen LogP contribution in [0.15, 0.2) is 0 Å². The molecule has 1 aromatic rings. The zero-order valence-electron chi connectivity index (χ0n) is 7.68. The number of nitrogens with one attached hydrogen (secondary N) is 2. The van der Waals surface area contributed by atoms with E-state index in [1.165, 1.54) is 0 Å². The number of hydrogen-bond donors (Lipinski definition) is 2. The number of amides is 1. The Kier molecular flexibility index (Phi) is 2.04. The average Bonchev–Trinajstić information content (AvgIpc) is 2.62. The van der Waals surface area contributed by atoms with Crippen molar-refractivity contribution in [1.29, 1.82) is 0 Å². The molecule has 0 aromatic carbocycles. The van der Waals surface area contributed by atoms with Crippen LogP contribution in [-0.2, 0) is 12.8 Å². The molecule has 0 atom stereocenters. The van der Waals surface area contributed by atoms with Crippen molar-refractivity contribution in [2.75, 3.05) is 6.54 Å². The Bertz CT molecular complexity index is 330. The van der Waals surface area contributed by atoms with Crippen LogP contribution in [0.2, 0.25) is 0 Å². The molecular formula is C9H13N3O. The third kappa shape index (κ3) is 1.32. The van der Waals surface area contributed by atoms with Gasteiger partial charge in [0.15, 0.2) is 5.69 Å². The van der Waals surface area contributed by atoms with E-state index in [1.807, 2.05) is 6.92 Å². The van der Waals surface area contributed by atoms with Crippen LogP contribution in [0.4, 0.5) is 0 Å². The van der Waals surface area contributed by atoms with Crippen molar-refractivity contribution < 1.29 is 4.79 Å². The van der Waals surface area contributed by atoms with Crippen LogP contribution < -0.4 is 5.32 Å². The number of fused-ring (bicyclic) bond motifs is 1. The molecule has 1 heterocycles. The van der Waals surface area contributed by atoms with E-state index in [-0.39, 0.29) is 5.91 Å². The van der Waals surface area contributed by atoms with E-state index in [9.17, 15) is 4.79 Å². The van der Waals surface area contributed by atoms with Crippen LogP contribution in [0.3, 0.4) is 0 Å². The Morgan fingerprint density at radius 1 is 1.62 bits per heavy atom. The number of carbonyl (C=O) groups excluding carboxylic acids is 1. The fourth-order valence-electron chi connectivity index (χ4n) is 1.75. The number of aromatic amines is 1. The second kappa shape index (κ2) is 3.20. The highest BCUT2D eigenvalue weighted by Gasteiger charge is 2.22. The van der Waals surface area contributed by atoms with E-state index in [0.29, 0.717) is 12.2 Å². The molecule has 0 spiro atoms. The summed E-state index contributed by atoms with van der Waals surface area (Å²) in [5.74, 6) is -0.0538. The number of rotatable bonds is 2. The SMILES string of the molecule is CCNC(=O)c1n[nH]c2c1CCC2. The van der Waals surface area contributed by atoms with Crippen LogP contribution in [0.25, 0.3) is 0 Å². The lowest BCUT2D eigenvalue weighted by molar-refractivity contribution is 0.0950. The van der Waals surface area contributed by atoms with Gasteiger partial charge in [-0.25, -0.2) is 0 Å². The molecule has 70 valence electrons. The maximum absolute atomic E-state index is 11.5. The van der Waals surface area contributed by atoms with E-state index >= 15 is 0 Å². The van der Waals surface area contributed by atoms with Gasteiger partial charge in [0.1, 0.15) is 0 Å². The van der Waals surface area contributed by atoms with Crippen molar-refractivity contribution in [3.05, 3.63) is 17.0 Å². The molecule has 1 aliphatic rings. The predicted octanol–water partition coefficient (Wildman–Crippen LogP) is 0.648. The van der Waals surface area contributed by atoms with Gasteiger partial charge in [0, 0.05) is 17.8 Å². The predicted molar refractivity (Wildman–Crippen MR) is 48.6 cm³/mol. The number of nitrogens with zero attached hydrogens (tertiary/aromatic N) is 1. The van der Waals surface area contributed by atoms with Gasteiger partial charge in [-0.15, -0.1) is 0 Å². The van der Waals surface area contributed by atoms with E-state index in [2.05, 4.69) is 15.5 Å². The lowest BCUT2D eigenvalue weighted by Crippen LogP contribution is -2.24. The topological polar surface area (TPSA) is 57.8 Å². The van der Waals surface area contributed by atoms with Crippen molar-refractivity contribution in [2.45, 2.75) is 26.2 Å². The van der Waals surface area contributed by atoms with Crippen LogP contribution in [0.1, 0.15) is 35.1 Å². The van der Waals surface area contributed by atoms with Crippen molar-refractivity contribution in [3.8, 4) is 0 Å². The molecule has 4 nitrogen and oxygen atoms in total. The first-order chi connectivity index (χ1) is 6.33. The standard InChI is InChI=1S/C9H13N3O/c1-2-10-9(13)8-6-4-3-5-7(6)11-12-8/h2-5H2,1H3,(H,10,13)(H,11,12). The zero-order chi connectivity index (χ0) is 9.26. The lowest BCUT2D eigenvalue weighted by Gasteiger charge is -1.99. The summed E-state index contributed by atoms with van der Waals surface area (Å²) in [6.07, 6.45) is 3.15. The molecule has 0 saturated heterocycles. The van der Waals surface area contributed by atoms with Crippen molar-refractivity contribution >= 4 is 5.91 Å². The maximum atomic E-state index is 11.5. The van der Waals surface area contributed by atoms with Gasteiger partial charge < -0.3 is 5.32 Å². The molecule has 4 heteroatoms. The number of carbonyl (C=O) groups is 1. The van der Waals surface area contributed by atoms with E-state index in [1.54, 1.807) is 0 Å². The first-order valence-electron chi connectivity index (χ1n) is 4.67. The molecule has 0 saturated carbocycles. The minimum absolute atomic E-state index is 0.0538. The molecule has 0 aliphatic heterocycles. The summed E-state index contributed by atoms with van der Waals surface area (Å²) >= 11 is 0. The summed E-state index contributed by atoms with van der Waals surface area (Å²) in [5.41, 5.74) is 2.85. The molecule has 1 amide bonds. The normalized spacial score (nSPS) is 14.2. The second-order valence-electron chi connectivity index (χ2n) is 3.24. The van der Waals surface area contributed by atoms with Crippen LogP contribution >= 0.6 is 0 Å². The lowest BCUT2D eigenvalue weighted by atomic mass is 10.2. The first-order valence-corrected chi connectivity index (χ1v) is 4.67. The molecule has 2 N–H and O–H groups in total. The summed E-state index contributed by atoms with van der Waals surface area (Å²) in [6.45, 7) is 2.56. The number of aromatic nitrogens is 2. The Labute approximate surface area is 76.7 Å². The minimum atomic E-state index is -0.0538. The highest BCUT2D eigenvalue weighted by atomic mass is 16.1. The van der Waals surface area contributed by atoms with Gasteiger partial charge in [-0.05, 0) is 26.2 Å². The number of H-pyrrole nitrogens is 1. The monoisotopic (exact) mass is 179 g/mol. The Morgan fingerprint density at radius 2 is 2.46 bits per heavy atom. The minimum Gasteiger partial charge on any atom is -0.351 e. The summed E-state index contributed by atoms with van der Waals surface area (Å²) < 4.78 is 0. The van der Waals surface area contributed by atoms with Gasteiger partial charge in [-0.3, -0.25) is 9.89 Å². The average molecular weight is 179 g/mol. The highest BCUT2D eigenvalue weighted by molar-refractivity contribution is 5.94. The Balaban J connectivity index is 2.26. The van der Waals surface area contributed by atoms with Crippen LogP contribution in [-0.4, -0.2) is 22.6 Å². The van der Waals surface area contributed by atoms with E-state index in [0.717, 1.165) is 30.5 Å². The van der Waals surface area contributed by atoms with Crippen molar-refractivity contribution in [2.24, 2.45) is 0 Å². The summed E-state index contributed by atoms with van der Waals surface area (Å²) in [7, 11) is 0. The molecule has 0 radical (unpaired) electrons. The first kappa shape index (κ1) is 8.29. The van der Waals surface area contributed by atoms with Gasteiger partial charge in [-0.2, -0.15) is 5.10 Å². The fraction of sp³-hybridized carbons (Fsp3) is 0.556. The smallest absolute Gasteiger partial charge is 0.272 e. The van der Waals surface area contributed by atoms with Crippen molar-refractivity contribution in [1.82, 2.24) is 15.5 Å². The molecule has 0 bridgehead atoms. The second-order valence-corrected chi connectivity index (χ2v) is 3.24. The fourth-order valence-corrected chi connectivity index (χ4v) is 1.75. The van der Waals surface area contributed by atoms with Crippen LogP contribution in [0.5, 0.6) is 0 Å². The summed E-state index contributed by atoms with van der Waals surface area (Å²) in [4.78, 5) is 11.5. The van der Waals surface area contributed by atoms with Gasteiger partial charge in [0.2, 0.25) is 0 Å². The third-order valence-corrected chi connectivity index (χ3v) is 2.36. The quantitative estimate of drug-likeness (QED) is 0.700. The molecule has 2 rings (SSSR count). The Hall–Kier alpha value is -1.32. The molecule has 0 unspecified atom stereocenters. The summed E-state index contributed by atoms with van der Waals surface area (Å²) in [6, 6.07) is 0. The molecule has 1 aromatic heterocycles. The van der Waals surface area contributed by atoms with E-state index < -0.39 is 0 Å². The zero-order valence-corrected chi connectivity index (χ0v) is 7.68. The van der Waals surface area contributed by atoms with Crippen molar-refractivity contribution in [3.63, 3.8) is 0 Å². The van der Waals surface area contributed by atoms with Gasteiger partial charge in [0.25, 0.3) is 5.91 Å². The van der Waals surface area contributed by atoms with E-state index in [4.69, 9.17) is 0 Å². The largest absolute Gasteiger partial charge is 0.351 e. The molecule has 13 heavy (non-hydrogen) atoms. The maximum Gasteiger partial charge on any atom is 0.272 e. The van der Waals surface area contributed by atoms with Crippen LogP contribution in [0, 0.1) is 0 Å². The highest BCUT2D eigenvalue weighted by Crippen LogP contribution is 2.22. The summed E-state index contributed by atoms with van der Waals surface area (Å²) in [5, 5.41) is 9.69. The number of hydrogen-bond acceptors (Lipinski definition) is 2. The molecule has 1 aliphatic carbocycles.